The fraction of sp³-hybridized carbons (Fsp3) is 0.500. The Morgan fingerprint density at radius 1 is 1.00 bits per heavy atom. The average Bonchev–Trinajstić information content (AvgIpc) is 1.63. The molecule has 0 saturated heterocycles. The minimum atomic E-state index is -1.82. The zero-order valence-electron chi connectivity index (χ0n) is 6.63. The predicted octanol–water partition coefficient (Wildman–Crippen LogP) is -2.38. The monoisotopic (exact) mass is 570 g/mol. The second-order valence-corrected chi connectivity index (χ2v) is 3.51. The van der Waals surface area contributed by atoms with Crippen LogP contribution in [-0.2, 0) is 15.0 Å². The Bertz CT molecular complexity index is 113. The fourth-order valence-electron chi connectivity index (χ4n) is 0.138. The third-order valence-electron chi connectivity index (χ3n) is 0.371. The van der Waals surface area contributed by atoms with Crippen LogP contribution in [0.1, 0.15) is 13.8 Å². The van der Waals surface area contributed by atoms with Crippen LogP contribution >= 0.6 is 0 Å². The summed E-state index contributed by atoms with van der Waals surface area (Å²) in [5.41, 5.74) is 0. The molecule has 0 fully saturated rings. The molecule has 0 aromatic rings. The number of hydrogen-bond donors (Lipinski definition) is 0. The van der Waals surface area contributed by atoms with Crippen LogP contribution in [0.25, 0.3) is 0 Å². The van der Waals surface area contributed by atoms with Crippen LogP contribution in [0.5, 0.6) is 0 Å². The van der Waals surface area contributed by atoms with E-state index in [-0.39, 0.29) is 50.2 Å². The van der Waals surface area contributed by atoms with Crippen molar-refractivity contribution in [2.75, 3.05) is 0 Å². The SMILES string of the molecule is CC(=O)[O][Pb][O]C(C)=O.O.O.[Pb]. The number of carbonyl (C=O) groups excluding carboxylic acids is 2. The van der Waals surface area contributed by atoms with Gasteiger partial charge in [-0.1, -0.05) is 0 Å². The minimum absolute atomic E-state index is 0. The van der Waals surface area contributed by atoms with Crippen molar-refractivity contribution in [2.45, 2.75) is 13.8 Å². The van der Waals surface area contributed by atoms with Gasteiger partial charge >= 0.3 is 65.9 Å². The number of rotatable bonds is 2. The Morgan fingerprint density at radius 3 is 1.42 bits per heavy atom. The predicted molar refractivity (Wildman–Crippen MR) is 42.3 cm³/mol. The molecule has 70 valence electrons. The molecule has 0 aliphatic rings. The van der Waals surface area contributed by atoms with Crippen LogP contribution in [0.2, 0.25) is 0 Å². The van der Waals surface area contributed by atoms with Gasteiger partial charge in [0.2, 0.25) is 0 Å². The van der Waals surface area contributed by atoms with Gasteiger partial charge in [0.15, 0.2) is 0 Å². The first-order chi connectivity index (χ1) is 4.13. The van der Waals surface area contributed by atoms with E-state index >= 15 is 0 Å². The molecule has 12 heavy (non-hydrogen) atoms. The van der Waals surface area contributed by atoms with Gasteiger partial charge < -0.3 is 11.0 Å². The van der Waals surface area contributed by atoms with Crippen molar-refractivity contribution < 1.29 is 25.9 Å². The van der Waals surface area contributed by atoms with E-state index < -0.39 is 25.1 Å². The van der Waals surface area contributed by atoms with Gasteiger partial charge in [-0.3, -0.25) is 0 Å². The van der Waals surface area contributed by atoms with E-state index in [1.54, 1.807) is 0 Å². The van der Waals surface area contributed by atoms with Gasteiger partial charge in [0.05, 0.1) is 0 Å². The summed E-state index contributed by atoms with van der Waals surface area (Å²) in [6, 6.07) is 0. The smallest absolute Gasteiger partial charge is 0 e. The maximum Gasteiger partial charge on any atom is 0 e. The Kier molecular flexibility index (Phi) is 27.3. The summed E-state index contributed by atoms with van der Waals surface area (Å²) in [6.45, 7) is 2.58. The maximum atomic E-state index is 10.1. The Balaban J connectivity index is -0.000000107. The summed E-state index contributed by atoms with van der Waals surface area (Å²) in [5.74, 6) is -0.751. The number of hydrogen-bond acceptors (Lipinski definition) is 4. The molecule has 8 heteroatoms. The topological polar surface area (TPSA) is 116 Å². The summed E-state index contributed by atoms with van der Waals surface area (Å²) in [5, 5.41) is 0. The average molecular weight is 569 g/mol. The summed E-state index contributed by atoms with van der Waals surface area (Å²) in [6.07, 6.45) is 0. The van der Waals surface area contributed by atoms with Crippen LogP contribution < -0.4 is 0 Å². The van der Waals surface area contributed by atoms with E-state index in [4.69, 9.17) is 0 Å². The van der Waals surface area contributed by atoms with Gasteiger partial charge in [0.1, 0.15) is 0 Å². The summed E-state index contributed by atoms with van der Waals surface area (Å²) < 4.78 is 8.93. The second-order valence-electron chi connectivity index (χ2n) is 1.27. The van der Waals surface area contributed by atoms with Gasteiger partial charge in [-0.25, -0.2) is 0 Å². The van der Waals surface area contributed by atoms with E-state index in [9.17, 15) is 9.59 Å². The quantitative estimate of drug-likeness (QED) is 0.346. The molecule has 0 saturated carbocycles. The molecule has 0 bridgehead atoms. The summed E-state index contributed by atoms with van der Waals surface area (Å²) >= 11 is -1.82. The van der Waals surface area contributed by atoms with Gasteiger partial charge in [0, 0.05) is 27.3 Å². The van der Waals surface area contributed by atoms with Crippen molar-refractivity contribution in [3.8, 4) is 0 Å². The van der Waals surface area contributed by atoms with Crippen molar-refractivity contribution in [3.05, 3.63) is 0 Å². The van der Waals surface area contributed by atoms with Gasteiger partial charge in [-0.05, 0) is 0 Å². The molecule has 6 nitrogen and oxygen atoms in total. The Hall–Kier alpha value is 0.704. The number of carbonyl (C=O) groups is 2. The second kappa shape index (κ2) is 14.2. The van der Waals surface area contributed by atoms with E-state index in [1.807, 2.05) is 0 Å². The van der Waals surface area contributed by atoms with Crippen molar-refractivity contribution in [1.82, 2.24) is 0 Å². The summed E-state index contributed by atoms with van der Waals surface area (Å²) in [7, 11) is 0. The normalized spacial score (nSPS) is 6.17. The van der Waals surface area contributed by atoms with Crippen molar-refractivity contribution in [1.29, 1.82) is 0 Å². The van der Waals surface area contributed by atoms with E-state index in [1.165, 1.54) is 13.8 Å². The first-order valence-corrected chi connectivity index (χ1v) is 5.40. The Labute approximate surface area is 103 Å². The van der Waals surface area contributed by atoms with E-state index in [0.29, 0.717) is 0 Å². The van der Waals surface area contributed by atoms with Crippen molar-refractivity contribution in [3.63, 3.8) is 0 Å². The van der Waals surface area contributed by atoms with E-state index in [2.05, 4.69) is 5.37 Å². The molecular weight excluding hydrogens is 558 g/mol. The third-order valence-corrected chi connectivity index (χ3v) is 3.25. The molecule has 0 heterocycles. The molecular formula is C4H10O6Pb2. The molecule has 0 spiro atoms. The minimum Gasteiger partial charge on any atom is -0.412 e. The largest absolute Gasteiger partial charge is 0.412 e. The Morgan fingerprint density at radius 2 is 1.25 bits per heavy atom. The molecule has 0 unspecified atom stereocenters. The molecule has 0 aliphatic heterocycles. The van der Waals surface area contributed by atoms with Gasteiger partial charge in [0.25, 0.3) is 0 Å². The molecule has 0 aromatic carbocycles. The van der Waals surface area contributed by atoms with Crippen LogP contribution in [0.15, 0.2) is 0 Å². The molecule has 0 amide bonds. The van der Waals surface area contributed by atoms with Gasteiger partial charge in [-0.2, -0.15) is 0 Å². The van der Waals surface area contributed by atoms with Gasteiger partial charge in [-0.15, -0.1) is 0 Å². The maximum absolute atomic E-state index is 10.1. The first kappa shape index (κ1) is 23.0. The van der Waals surface area contributed by atoms with E-state index in [0.717, 1.165) is 0 Å². The van der Waals surface area contributed by atoms with Crippen LogP contribution in [0.4, 0.5) is 0 Å². The molecule has 4 N–H and O–H groups in total. The standard InChI is InChI=1S/2C2H4O2.2H2O.2Pb/c2*1-2(3)4;;;;/h2*1H3,(H,3,4);2*1H2;;/q;;;;;+2/p-2. The molecule has 0 rings (SSSR count). The van der Waals surface area contributed by atoms with Crippen LogP contribution in [0, 0.1) is 0 Å². The van der Waals surface area contributed by atoms with Crippen LogP contribution in [-0.4, -0.2) is 75.3 Å². The first-order valence-electron chi connectivity index (χ1n) is 2.22. The zero-order chi connectivity index (χ0) is 7.28. The third kappa shape index (κ3) is 22.4. The molecule has 0 atom stereocenters. The molecule has 0 aromatic heterocycles. The summed E-state index contributed by atoms with van der Waals surface area (Å²) in [4.78, 5) is 20.1. The fourth-order valence-corrected chi connectivity index (χ4v) is 1.21. The zero-order valence-corrected chi connectivity index (χ0v) is 14.4. The molecule has 0 aliphatic carbocycles. The van der Waals surface area contributed by atoms with Crippen molar-refractivity contribution >= 4 is 64.4 Å². The van der Waals surface area contributed by atoms with Crippen molar-refractivity contribution in [2.24, 2.45) is 0 Å². The molecule has 6 radical (unpaired) electrons. The van der Waals surface area contributed by atoms with Crippen LogP contribution in [0.3, 0.4) is 0 Å².